The Kier molecular flexibility index (Phi) is 2.47. The third kappa shape index (κ3) is 1.61. The second kappa shape index (κ2) is 3.78. The number of methoxy groups -OCH3 is 1. The Hall–Kier alpha value is -1.75. The first-order valence-corrected chi connectivity index (χ1v) is 4.65. The predicted octanol–water partition coefficient (Wildman–Crippen LogP) is 1.33. The molecule has 1 aliphatic rings. The first-order chi connectivity index (χ1) is 7.24. The lowest BCUT2D eigenvalue weighted by Gasteiger charge is -2.17. The maximum Gasteiger partial charge on any atom is 0.348 e. The number of hydrogen-bond donors (Lipinski definition) is 1. The van der Waals surface area contributed by atoms with Gasteiger partial charge in [-0.3, -0.25) is 10.1 Å². The topological polar surface area (TPSA) is 53.0 Å². The van der Waals surface area contributed by atoms with Crippen molar-refractivity contribution in [2.75, 3.05) is 25.1 Å². The number of carbonyl (C=O) groups is 1. The molecule has 0 aromatic heterocycles. The zero-order valence-electron chi connectivity index (χ0n) is 8.38. The van der Waals surface area contributed by atoms with Crippen molar-refractivity contribution in [3.05, 3.63) is 24.3 Å². The van der Waals surface area contributed by atoms with Gasteiger partial charge in [-0.25, -0.2) is 9.86 Å². The number of amides is 2. The Morgan fingerprint density at radius 1 is 1.33 bits per heavy atom. The van der Waals surface area contributed by atoms with E-state index in [1.54, 1.807) is 19.2 Å². The first kappa shape index (κ1) is 9.79. The molecule has 0 atom stereocenters. The third-order valence-corrected chi connectivity index (χ3v) is 2.36. The summed E-state index contributed by atoms with van der Waals surface area (Å²) in [6, 6.07) is 6.81. The van der Waals surface area contributed by atoms with Crippen molar-refractivity contribution in [2.24, 2.45) is 0 Å². The van der Waals surface area contributed by atoms with Crippen LogP contribution in [0.25, 0.3) is 0 Å². The van der Waals surface area contributed by atoms with Gasteiger partial charge in [0.1, 0.15) is 5.75 Å². The minimum atomic E-state index is -0.417. The molecule has 0 bridgehead atoms. The molecular formula is C10H12N2O3. The number of para-hydroxylation sites is 2. The molecule has 0 aliphatic carbocycles. The quantitative estimate of drug-likeness (QED) is 0.746. The second-order valence-electron chi connectivity index (χ2n) is 3.23. The fourth-order valence-electron chi connectivity index (χ4n) is 1.60. The van der Waals surface area contributed by atoms with Gasteiger partial charge in [-0.15, -0.1) is 0 Å². The first-order valence-electron chi connectivity index (χ1n) is 4.65. The highest BCUT2D eigenvalue weighted by molar-refractivity contribution is 5.94. The number of anilines is 1. The minimum Gasteiger partial charge on any atom is -0.495 e. The molecule has 0 saturated carbocycles. The summed E-state index contributed by atoms with van der Waals surface area (Å²) < 4.78 is 5.15. The molecule has 1 saturated heterocycles. The molecule has 1 aromatic rings. The van der Waals surface area contributed by atoms with Crippen LogP contribution < -0.4 is 9.64 Å². The van der Waals surface area contributed by atoms with E-state index in [2.05, 4.69) is 0 Å². The van der Waals surface area contributed by atoms with Crippen LogP contribution in [0.1, 0.15) is 0 Å². The molecule has 1 fully saturated rings. The number of rotatable bonds is 2. The molecule has 2 amide bonds. The van der Waals surface area contributed by atoms with Gasteiger partial charge in [0.15, 0.2) is 0 Å². The Morgan fingerprint density at radius 3 is 2.67 bits per heavy atom. The highest BCUT2D eigenvalue weighted by atomic mass is 16.5. The summed E-state index contributed by atoms with van der Waals surface area (Å²) in [6.07, 6.45) is 0. The highest BCUT2D eigenvalue weighted by Crippen LogP contribution is 2.29. The van der Waals surface area contributed by atoms with Crippen LogP contribution in [-0.4, -0.2) is 36.5 Å². The van der Waals surface area contributed by atoms with Gasteiger partial charge in [-0.05, 0) is 12.1 Å². The van der Waals surface area contributed by atoms with E-state index in [0.717, 1.165) is 0 Å². The van der Waals surface area contributed by atoms with Gasteiger partial charge in [-0.1, -0.05) is 12.1 Å². The van der Waals surface area contributed by atoms with Crippen molar-refractivity contribution < 1.29 is 14.7 Å². The summed E-state index contributed by atoms with van der Waals surface area (Å²) in [5.74, 6) is 0.626. The van der Waals surface area contributed by atoms with Crippen LogP contribution in [0.15, 0.2) is 24.3 Å². The molecule has 1 heterocycles. The maximum absolute atomic E-state index is 11.5. The molecular weight excluding hydrogens is 196 g/mol. The highest BCUT2D eigenvalue weighted by Gasteiger charge is 2.29. The van der Waals surface area contributed by atoms with E-state index >= 15 is 0 Å². The van der Waals surface area contributed by atoms with Crippen LogP contribution in [0.3, 0.4) is 0 Å². The number of carbonyl (C=O) groups excluding carboxylic acids is 1. The van der Waals surface area contributed by atoms with E-state index in [1.165, 1.54) is 4.90 Å². The Morgan fingerprint density at radius 2 is 2.07 bits per heavy atom. The van der Waals surface area contributed by atoms with E-state index in [1.807, 2.05) is 12.1 Å². The van der Waals surface area contributed by atoms with Gasteiger partial charge in [-0.2, -0.15) is 0 Å². The molecule has 1 aliphatic heterocycles. The van der Waals surface area contributed by atoms with E-state index < -0.39 is 6.03 Å². The van der Waals surface area contributed by atoms with Crippen molar-refractivity contribution in [1.82, 2.24) is 5.06 Å². The van der Waals surface area contributed by atoms with Crippen LogP contribution in [0.2, 0.25) is 0 Å². The van der Waals surface area contributed by atoms with Gasteiger partial charge in [0.2, 0.25) is 0 Å². The Labute approximate surface area is 87.4 Å². The summed E-state index contributed by atoms with van der Waals surface area (Å²) in [6.45, 7) is 0.784. The molecule has 5 nitrogen and oxygen atoms in total. The number of benzene rings is 1. The zero-order chi connectivity index (χ0) is 10.8. The lowest BCUT2D eigenvalue weighted by Crippen LogP contribution is -2.29. The van der Waals surface area contributed by atoms with Crippen LogP contribution in [-0.2, 0) is 0 Å². The summed E-state index contributed by atoms with van der Waals surface area (Å²) in [7, 11) is 1.55. The summed E-state index contributed by atoms with van der Waals surface area (Å²) in [5, 5.41) is 9.90. The molecule has 0 spiro atoms. The lowest BCUT2D eigenvalue weighted by molar-refractivity contribution is -0.0231. The molecule has 5 heteroatoms. The Balaban J connectivity index is 2.33. The third-order valence-electron chi connectivity index (χ3n) is 2.36. The fraction of sp³-hybridized carbons (Fsp3) is 0.300. The number of nitrogens with zero attached hydrogens (tertiary/aromatic N) is 2. The monoisotopic (exact) mass is 208 g/mol. The van der Waals surface area contributed by atoms with E-state index in [0.29, 0.717) is 29.6 Å². The van der Waals surface area contributed by atoms with Crippen LogP contribution in [0, 0.1) is 0 Å². The van der Waals surface area contributed by atoms with Crippen molar-refractivity contribution in [1.29, 1.82) is 0 Å². The SMILES string of the molecule is COc1ccccc1N1CCN(O)C1=O. The van der Waals surface area contributed by atoms with Crippen LogP contribution >= 0.6 is 0 Å². The zero-order valence-corrected chi connectivity index (χ0v) is 8.38. The average Bonchev–Trinajstić information content (AvgIpc) is 2.60. The molecule has 80 valence electrons. The molecule has 15 heavy (non-hydrogen) atoms. The van der Waals surface area contributed by atoms with E-state index in [-0.39, 0.29) is 0 Å². The summed E-state index contributed by atoms with van der Waals surface area (Å²) in [5.41, 5.74) is 0.682. The smallest absolute Gasteiger partial charge is 0.348 e. The van der Waals surface area contributed by atoms with E-state index in [9.17, 15) is 10.0 Å². The number of hydrogen-bond acceptors (Lipinski definition) is 3. The standard InChI is InChI=1S/C10H12N2O3/c1-15-9-5-3-2-4-8(9)11-6-7-12(14)10(11)13/h2-5,14H,6-7H2,1H3. The van der Waals surface area contributed by atoms with Crippen molar-refractivity contribution >= 4 is 11.7 Å². The maximum atomic E-state index is 11.5. The minimum absolute atomic E-state index is 0.316. The van der Waals surface area contributed by atoms with Crippen molar-refractivity contribution in [3.63, 3.8) is 0 Å². The number of ether oxygens (including phenoxy) is 1. The van der Waals surface area contributed by atoms with Gasteiger partial charge in [0.05, 0.1) is 19.3 Å². The van der Waals surface area contributed by atoms with Gasteiger partial charge in [0, 0.05) is 6.54 Å². The van der Waals surface area contributed by atoms with E-state index in [4.69, 9.17) is 4.74 Å². The van der Waals surface area contributed by atoms with Crippen molar-refractivity contribution in [3.8, 4) is 5.75 Å². The van der Waals surface area contributed by atoms with Gasteiger partial charge in [0.25, 0.3) is 0 Å². The largest absolute Gasteiger partial charge is 0.495 e. The molecule has 0 radical (unpaired) electrons. The number of hydroxylamine groups is 2. The fourth-order valence-corrected chi connectivity index (χ4v) is 1.60. The normalized spacial score (nSPS) is 16.0. The average molecular weight is 208 g/mol. The number of urea groups is 1. The molecule has 1 N–H and O–H groups in total. The molecule has 0 unspecified atom stereocenters. The van der Waals surface area contributed by atoms with Crippen LogP contribution in [0.4, 0.5) is 10.5 Å². The molecule has 1 aromatic carbocycles. The Bertz CT molecular complexity index is 381. The summed E-state index contributed by atoms with van der Waals surface area (Å²) in [4.78, 5) is 13.0. The lowest BCUT2D eigenvalue weighted by atomic mass is 10.2. The van der Waals surface area contributed by atoms with Gasteiger partial charge < -0.3 is 4.74 Å². The predicted molar refractivity (Wildman–Crippen MR) is 54.2 cm³/mol. The van der Waals surface area contributed by atoms with Crippen molar-refractivity contribution in [2.45, 2.75) is 0 Å². The second-order valence-corrected chi connectivity index (χ2v) is 3.23. The van der Waals surface area contributed by atoms with Gasteiger partial charge >= 0.3 is 6.03 Å². The summed E-state index contributed by atoms with van der Waals surface area (Å²) >= 11 is 0. The molecule has 2 rings (SSSR count). The van der Waals surface area contributed by atoms with Crippen LogP contribution in [0.5, 0.6) is 5.75 Å².